The van der Waals surface area contributed by atoms with E-state index < -0.39 is 29.4 Å². The van der Waals surface area contributed by atoms with Crippen LogP contribution in [0, 0.1) is 17.2 Å². The number of halogens is 4. The number of amides is 3. The number of pyridine rings is 1. The summed E-state index contributed by atoms with van der Waals surface area (Å²) in [6, 6.07) is 8.84. The van der Waals surface area contributed by atoms with Gasteiger partial charge in [-0.15, -0.1) is 0 Å². The van der Waals surface area contributed by atoms with Crippen LogP contribution in [0.3, 0.4) is 0 Å². The number of rotatable bonds is 5. The molecule has 1 atom stereocenters. The molecule has 14 heteroatoms. The zero-order chi connectivity index (χ0) is 31.8. The summed E-state index contributed by atoms with van der Waals surface area (Å²) in [5.74, 6) is -1.45. The number of nitrogens with one attached hydrogen (secondary N) is 2. The van der Waals surface area contributed by atoms with Crippen LogP contribution in [0.25, 0.3) is 0 Å². The molecule has 3 amide bonds. The van der Waals surface area contributed by atoms with Gasteiger partial charge in [-0.2, -0.15) is 18.2 Å². The first kappa shape index (κ1) is 30.7. The highest BCUT2D eigenvalue weighted by atomic mass is 19.4. The normalized spacial score (nSPS) is 20.0. The number of urea groups is 1. The molecule has 1 unspecified atom stereocenters. The summed E-state index contributed by atoms with van der Waals surface area (Å²) in [6.45, 7) is 5.61. The van der Waals surface area contributed by atoms with Crippen molar-refractivity contribution in [2.45, 2.75) is 45.2 Å². The Morgan fingerprint density at radius 3 is 2.44 bits per heavy atom. The quantitative estimate of drug-likeness (QED) is 0.322. The Morgan fingerprint density at radius 1 is 1.00 bits per heavy atom. The summed E-state index contributed by atoms with van der Waals surface area (Å²) in [6.07, 6.45) is 0.815. The first-order chi connectivity index (χ1) is 21.5. The molecule has 1 spiro atoms. The SMILES string of the molecule is CC1CCCN(c2nc(C(F)(F)F)c(C(=O)Nc3ccc(N4CCC5(CCN(C(=O)Nc6ccccc6F)CC5)C4)nc3)o2)C1. The molecule has 2 N–H and O–H groups in total. The summed E-state index contributed by atoms with van der Waals surface area (Å²) >= 11 is 0. The number of hydrogen-bond acceptors (Lipinski definition) is 7. The molecule has 5 heterocycles. The van der Waals surface area contributed by atoms with Gasteiger partial charge in [0.25, 0.3) is 11.9 Å². The maximum Gasteiger partial charge on any atom is 0.437 e. The number of benzene rings is 1. The van der Waals surface area contributed by atoms with E-state index in [4.69, 9.17) is 4.42 Å². The standard InChI is InChI=1S/C31H35F4N7O3/c1-20-5-4-13-41(18-20)29-39-26(31(33,34)35)25(45-29)27(43)37-21-8-9-24(36-17-21)42-16-12-30(19-42)10-14-40(15-11-30)28(44)38-23-7-3-2-6-22(23)32/h2-3,6-9,17,20H,4-5,10-16,18-19H2,1H3,(H,37,43)(H,38,44). The molecular formula is C31H35F4N7O3. The molecule has 6 rings (SSSR count). The van der Waals surface area contributed by atoms with Crippen LogP contribution in [-0.4, -0.2) is 66.1 Å². The van der Waals surface area contributed by atoms with Crippen molar-refractivity contribution in [1.82, 2.24) is 14.9 Å². The Labute approximate surface area is 257 Å². The molecule has 0 aliphatic carbocycles. The molecular weight excluding hydrogens is 594 g/mol. The van der Waals surface area contributed by atoms with Crippen LogP contribution >= 0.6 is 0 Å². The Morgan fingerprint density at radius 2 is 1.76 bits per heavy atom. The third kappa shape index (κ3) is 6.69. The summed E-state index contributed by atoms with van der Waals surface area (Å²) in [4.78, 5) is 39.2. The second-order valence-electron chi connectivity index (χ2n) is 12.3. The summed E-state index contributed by atoms with van der Waals surface area (Å²) in [5, 5.41) is 5.11. The van der Waals surface area contributed by atoms with Crippen LogP contribution in [0.5, 0.6) is 0 Å². The molecule has 0 saturated carbocycles. The van der Waals surface area contributed by atoms with Gasteiger partial charge in [-0.05, 0) is 67.7 Å². The van der Waals surface area contributed by atoms with E-state index in [-0.39, 0.29) is 34.8 Å². The molecule has 45 heavy (non-hydrogen) atoms. The van der Waals surface area contributed by atoms with Crippen LogP contribution in [0.1, 0.15) is 55.3 Å². The van der Waals surface area contributed by atoms with Gasteiger partial charge in [-0.3, -0.25) is 4.79 Å². The van der Waals surface area contributed by atoms with Crippen LogP contribution in [0.15, 0.2) is 47.0 Å². The molecule has 240 valence electrons. The molecule has 3 fully saturated rings. The first-order valence-corrected chi connectivity index (χ1v) is 15.2. The van der Waals surface area contributed by atoms with Crippen LogP contribution < -0.4 is 20.4 Å². The number of anilines is 4. The molecule has 0 radical (unpaired) electrons. The van der Waals surface area contributed by atoms with Crippen molar-refractivity contribution in [2.24, 2.45) is 11.3 Å². The van der Waals surface area contributed by atoms with Gasteiger partial charge in [0.15, 0.2) is 5.69 Å². The summed E-state index contributed by atoms with van der Waals surface area (Å²) < 4.78 is 60.7. The number of oxazole rings is 1. The highest BCUT2D eigenvalue weighted by Gasteiger charge is 2.43. The fourth-order valence-electron chi connectivity index (χ4n) is 6.47. The minimum Gasteiger partial charge on any atom is -0.417 e. The number of aromatic nitrogens is 2. The molecule has 0 bridgehead atoms. The largest absolute Gasteiger partial charge is 0.437 e. The zero-order valence-corrected chi connectivity index (χ0v) is 24.9. The number of carbonyl (C=O) groups is 2. The second-order valence-corrected chi connectivity index (χ2v) is 12.3. The number of likely N-dealkylation sites (tertiary alicyclic amines) is 1. The third-order valence-electron chi connectivity index (χ3n) is 9.01. The number of hydrogen-bond donors (Lipinski definition) is 2. The monoisotopic (exact) mass is 629 g/mol. The molecule has 3 aliphatic heterocycles. The van der Waals surface area contributed by atoms with Gasteiger partial charge in [0.05, 0.1) is 17.6 Å². The lowest BCUT2D eigenvalue weighted by molar-refractivity contribution is -0.141. The van der Waals surface area contributed by atoms with Gasteiger partial charge in [-0.25, -0.2) is 14.2 Å². The fourth-order valence-corrected chi connectivity index (χ4v) is 6.47. The van der Waals surface area contributed by atoms with E-state index in [1.54, 1.807) is 34.1 Å². The van der Waals surface area contributed by atoms with Gasteiger partial charge in [-0.1, -0.05) is 19.1 Å². The van der Waals surface area contributed by atoms with Gasteiger partial charge in [0.2, 0.25) is 5.76 Å². The van der Waals surface area contributed by atoms with E-state index in [1.165, 1.54) is 18.3 Å². The van der Waals surface area contributed by atoms with Crippen molar-refractivity contribution in [3.8, 4) is 0 Å². The highest BCUT2D eigenvalue weighted by molar-refractivity contribution is 6.03. The van der Waals surface area contributed by atoms with Crippen LogP contribution in [-0.2, 0) is 6.18 Å². The Hall–Kier alpha value is -4.36. The van der Waals surface area contributed by atoms with E-state index in [1.807, 2.05) is 6.92 Å². The minimum absolute atomic E-state index is 0.00743. The van der Waals surface area contributed by atoms with Gasteiger partial charge < -0.3 is 29.8 Å². The van der Waals surface area contributed by atoms with Gasteiger partial charge >= 0.3 is 12.2 Å². The van der Waals surface area contributed by atoms with Crippen molar-refractivity contribution in [3.05, 3.63) is 59.9 Å². The number of alkyl halides is 3. The first-order valence-electron chi connectivity index (χ1n) is 15.2. The maximum atomic E-state index is 13.9. The summed E-state index contributed by atoms with van der Waals surface area (Å²) in [5.41, 5.74) is -0.965. The lowest BCUT2D eigenvalue weighted by Crippen LogP contribution is -2.46. The van der Waals surface area contributed by atoms with E-state index in [2.05, 4.69) is 25.5 Å². The maximum absolute atomic E-state index is 13.9. The number of piperidine rings is 2. The fraction of sp³-hybridized carbons (Fsp3) is 0.484. The van der Waals surface area contributed by atoms with Crippen molar-refractivity contribution < 1.29 is 31.6 Å². The Bertz CT molecular complexity index is 1540. The van der Waals surface area contributed by atoms with Crippen LogP contribution in [0.4, 0.5) is 45.6 Å². The highest BCUT2D eigenvalue weighted by Crippen LogP contribution is 2.42. The molecule has 10 nitrogen and oxygen atoms in total. The molecule has 2 aromatic heterocycles. The number of carbonyl (C=O) groups excluding carboxylic acids is 2. The summed E-state index contributed by atoms with van der Waals surface area (Å²) in [7, 11) is 0. The Balaban J connectivity index is 1.05. The molecule has 3 aliphatic rings. The lowest BCUT2D eigenvalue weighted by Gasteiger charge is -2.39. The van der Waals surface area contributed by atoms with E-state index in [0.29, 0.717) is 32.0 Å². The minimum atomic E-state index is -4.86. The topological polar surface area (TPSA) is 107 Å². The molecule has 1 aromatic carbocycles. The van der Waals surface area contributed by atoms with E-state index in [9.17, 15) is 27.2 Å². The smallest absolute Gasteiger partial charge is 0.417 e. The van der Waals surface area contributed by atoms with E-state index >= 15 is 0 Å². The number of para-hydroxylation sites is 1. The second kappa shape index (κ2) is 12.2. The van der Waals surface area contributed by atoms with Crippen molar-refractivity contribution in [3.63, 3.8) is 0 Å². The van der Waals surface area contributed by atoms with Gasteiger partial charge in [0, 0.05) is 39.3 Å². The molecule has 3 saturated heterocycles. The van der Waals surface area contributed by atoms with Crippen LogP contribution in [0.2, 0.25) is 0 Å². The van der Waals surface area contributed by atoms with Crippen molar-refractivity contribution in [1.29, 1.82) is 0 Å². The zero-order valence-electron chi connectivity index (χ0n) is 24.9. The third-order valence-corrected chi connectivity index (χ3v) is 9.01. The predicted molar refractivity (Wildman–Crippen MR) is 160 cm³/mol. The lowest BCUT2D eigenvalue weighted by atomic mass is 9.78. The van der Waals surface area contributed by atoms with Crippen molar-refractivity contribution in [2.75, 3.05) is 59.7 Å². The predicted octanol–water partition coefficient (Wildman–Crippen LogP) is 6.24. The van der Waals surface area contributed by atoms with E-state index in [0.717, 1.165) is 45.2 Å². The average molecular weight is 630 g/mol. The molecule has 3 aromatic rings. The van der Waals surface area contributed by atoms with Crippen molar-refractivity contribution >= 4 is 35.1 Å². The Kier molecular flexibility index (Phi) is 8.31. The van der Waals surface area contributed by atoms with Gasteiger partial charge in [0.1, 0.15) is 11.6 Å². The average Bonchev–Trinajstić information content (AvgIpc) is 3.65. The number of nitrogens with zero attached hydrogens (tertiary/aromatic N) is 5.